The van der Waals surface area contributed by atoms with Gasteiger partial charge in [0, 0.05) is 12.1 Å². The number of ether oxygens (including phenoxy) is 1. The Bertz CT molecular complexity index is 602. The molecule has 2 aromatic carbocycles. The molecule has 0 saturated heterocycles. The predicted octanol–water partition coefficient (Wildman–Crippen LogP) is 4.17. The number of aryl methyl sites for hydroxylation is 3. The molecule has 2 aromatic rings. The minimum atomic E-state index is 0.486. The highest BCUT2D eigenvalue weighted by Crippen LogP contribution is 2.31. The summed E-state index contributed by atoms with van der Waals surface area (Å²) in [6.07, 6.45) is 0. The maximum atomic E-state index is 6.09. The summed E-state index contributed by atoms with van der Waals surface area (Å²) in [5, 5.41) is 0. The molecule has 2 rings (SSSR count). The zero-order chi connectivity index (χ0) is 14.0. The van der Waals surface area contributed by atoms with Gasteiger partial charge in [0.1, 0.15) is 11.5 Å². The number of hydrogen-bond acceptors (Lipinski definition) is 2. The fourth-order valence-corrected chi connectivity index (χ4v) is 2.15. The molecule has 19 heavy (non-hydrogen) atoms. The molecule has 0 aliphatic rings. The highest BCUT2D eigenvalue weighted by Gasteiger charge is 2.08. The van der Waals surface area contributed by atoms with Gasteiger partial charge in [-0.05, 0) is 62.1 Å². The zero-order valence-corrected chi connectivity index (χ0v) is 12.1. The van der Waals surface area contributed by atoms with Crippen LogP contribution in [-0.4, -0.2) is 0 Å². The lowest BCUT2D eigenvalue weighted by Gasteiger charge is -2.15. The molecule has 0 unspecified atom stereocenters. The van der Waals surface area contributed by atoms with Crippen LogP contribution in [0.15, 0.2) is 30.3 Å². The van der Waals surface area contributed by atoms with E-state index in [9.17, 15) is 0 Å². The van der Waals surface area contributed by atoms with Crippen molar-refractivity contribution in [2.24, 2.45) is 5.73 Å². The summed E-state index contributed by atoms with van der Waals surface area (Å²) in [6, 6.07) is 10.4. The lowest BCUT2D eigenvalue weighted by molar-refractivity contribution is 0.471. The minimum absolute atomic E-state index is 0.486. The summed E-state index contributed by atoms with van der Waals surface area (Å²) in [6.45, 7) is 8.82. The first-order valence-corrected chi connectivity index (χ1v) is 6.56. The van der Waals surface area contributed by atoms with Gasteiger partial charge in [0.25, 0.3) is 0 Å². The van der Waals surface area contributed by atoms with Crippen LogP contribution in [-0.2, 0) is 6.54 Å². The van der Waals surface area contributed by atoms with Crippen molar-refractivity contribution in [3.63, 3.8) is 0 Å². The van der Waals surface area contributed by atoms with E-state index in [2.05, 4.69) is 45.9 Å². The molecular formula is C17H21NO. The van der Waals surface area contributed by atoms with Gasteiger partial charge in [-0.1, -0.05) is 18.2 Å². The molecule has 0 aromatic heterocycles. The molecule has 2 N–H and O–H groups in total. The second-order valence-corrected chi connectivity index (χ2v) is 5.12. The van der Waals surface area contributed by atoms with E-state index in [1.165, 1.54) is 22.3 Å². The average Bonchev–Trinajstić information content (AvgIpc) is 2.35. The van der Waals surface area contributed by atoms with Crippen LogP contribution >= 0.6 is 0 Å². The number of nitrogens with two attached hydrogens (primary N) is 1. The van der Waals surface area contributed by atoms with E-state index in [1.54, 1.807) is 0 Å². The summed E-state index contributed by atoms with van der Waals surface area (Å²) in [5.41, 5.74) is 11.6. The Morgan fingerprint density at radius 1 is 0.895 bits per heavy atom. The van der Waals surface area contributed by atoms with Crippen molar-refractivity contribution in [2.75, 3.05) is 0 Å². The lowest BCUT2D eigenvalue weighted by atomic mass is 10.1. The zero-order valence-electron chi connectivity index (χ0n) is 12.1. The molecule has 0 atom stereocenters. The van der Waals surface area contributed by atoms with Crippen LogP contribution in [0.1, 0.15) is 27.8 Å². The van der Waals surface area contributed by atoms with Gasteiger partial charge in [-0.2, -0.15) is 0 Å². The summed E-state index contributed by atoms with van der Waals surface area (Å²) >= 11 is 0. The summed E-state index contributed by atoms with van der Waals surface area (Å²) in [5.74, 6) is 1.77. The maximum absolute atomic E-state index is 6.09. The third kappa shape index (κ3) is 2.96. The van der Waals surface area contributed by atoms with E-state index in [0.29, 0.717) is 6.54 Å². The molecule has 0 heterocycles. The number of hydrogen-bond donors (Lipinski definition) is 1. The van der Waals surface area contributed by atoms with Gasteiger partial charge in [0.05, 0.1) is 0 Å². The van der Waals surface area contributed by atoms with E-state index >= 15 is 0 Å². The van der Waals surface area contributed by atoms with Crippen molar-refractivity contribution < 1.29 is 4.74 Å². The quantitative estimate of drug-likeness (QED) is 0.893. The van der Waals surface area contributed by atoms with Gasteiger partial charge in [0.15, 0.2) is 0 Å². The average molecular weight is 255 g/mol. The van der Waals surface area contributed by atoms with Crippen LogP contribution in [0.25, 0.3) is 0 Å². The molecule has 2 heteroatoms. The molecule has 0 aliphatic carbocycles. The maximum Gasteiger partial charge on any atom is 0.132 e. The molecule has 0 aliphatic heterocycles. The molecule has 2 nitrogen and oxygen atoms in total. The van der Waals surface area contributed by atoms with Crippen LogP contribution in [0.4, 0.5) is 0 Å². The monoisotopic (exact) mass is 255 g/mol. The summed E-state index contributed by atoms with van der Waals surface area (Å²) < 4.78 is 6.09. The standard InChI is InChI=1S/C17H21NO/c1-11-5-6-15(10-18)17(8-11)19-16-9-12(2)7-13(3)14(16)4/h5-9H,10,18H2,1-4H3. The smallest absolute Gasteiger partial charge is 0.132 e. The van der Waals surface area contributed by atoms with Gasteiger partial charge >= 0.3 is 0 Å². The molecule has 0 spiro atoms. The lowest BCUT2D eigenvalue weighted by Crippen LogP contribution is -2.01. The van der Waals surface area contributed by atoms with Crippen molar-refractivity contribution in [3.05, 3.63) is 58.1 Å². The van der Waals surface area contributed by atoms with Crippen LogP contribution in [0.3, 0.4) is 0 Å². The Labute approximate surface area is 115 Å². The Morgan fingerprint density at radius 3 is 2.26 bits per heavy atom. The molecule has 0 radical (unpaired) electrons. The molecule has 0 fully saturated rings. The topological polar surface area (TPSA) is 35.2 Å². The van der Waals surface area contributed by atoms with E-state index in [-0.39, 0.29) is 0 Å². The minimum Gasteiger partial charge on any atom is -0.457 e. The van der Waals surface area contributed by atoms with Gasteiger partial charge in [-0.3, -0.25) is 0 Å². The molecular weight excluding hydrogens is 234 g/mol. The highest BCUT2D eigenvalue weighted by molar-refractivity contribution is 5.46. The molecule has 0 amide bonds. The number of rotatable bonds is 3. The molecule has 0 bridgehead atoms. The van der Waals surface area contributed by atoms with Gasteiger partial charge in [-0.15, -0.1) is 0 Å². The normalized spacial score (nSPS) is 10.6. The predicted molar refractivity (Wildman–Crippen MR) is 79.8 cm³/mol. The van der Waals surface area contributed by atoms with E-state index in [1.807, 2.05) is 12.1 Å². The fourth-order valence-electron chi connectivity index (χ4n) is 2.15. The first-order valence-electron chi connectivity index (χ1n) is 6.56. The van der Waals surface area contributed by atoms with Crippen LogP contribution in [0, 0.1) is 27.7 Å². The van der Waals surface area contributed by atoms with Crippen LogP contribution < -0.4 is 10.5 Å². The van der Waals surface area contributed by atoms with E-state index in [0.717, 1.165) is 17.1 Å². The third-order valence-corrected chi connectivity index (χ3v) is 3.43. The second-order valence-electron chi connectivity index (χ2n) is 5.12. The van der Waals surface area contributed by atoms with E-state index < -0.39 is 0 Å². The van der Waals surface area contributed by atoms with Gasteiger partial charge in [-0.25, -0.2) is 0 Å². The van der Waals surface area contributed by atoms with Crippen molar-refractivity contribution in [2.45, 2.75) is 34.2 Å². The Kier molecular flexibility index (Phi) is 3.91. The first-order chi connectivity index (χ1) is 9.01. The number of benzene rings is 2. The van der Waals surface area contributed by atoms with Crippen molar-refractivity contribution >= 4 is 0 Å². The Morgan fingerprint density at radius 2 is 1.58 bits per heavy atom. The van der Waals surface area contributed by atoms with Gasteiger partial charge in [0.2, 0.25) is 0 Å². The van der Waals surface area contributed by atoms with Crippen molar-refractivity contribution in [3.8, 4) is 11.5 Å². The van der Waals surface area contributed by atoms with Gasteiger partial charge < -0.3 is 10.5 Å². The summed E-state index contributed by atoms with van der Waals surface area (Å²) in [7, 11) is 0. The van der Waals surface area contributed by atoms with Crippen molar-refractivity contribution in [1.29, 1.82) is 0 Å². The highest BCUT2D eigenvalue weighted by atomic mass is 16.5. The van der Waals surface area contributed by atoms with E-state index in [4.69, 9.17) is 10.5 Å². The molecule has 100 valence electrons. The SMILES string of the molecule is Cc1ccc(CN)c(Oc2cc(C)cc(C)c2C)c1. The second kappa shape index (κ2) is 5.45. The Balaban J connectivity index is 2.44. The Hall–Kier alpha value is -1.80. The summed E-state index contributed by atoms with van der Waals surface area (Å²) in [4.78, 5) is 0. The van der Waals surface area contributed by atoms with Crippen LogP contribution in [0.5, 0.6) is 11.5 Å². The third-order valence-electron chi connectivity index (χ3n) is 3.43. The fraction of sp³-hybridized carbons (Fsp3) is 0.294. The van der Waals surface area contributed by atoms with Crippen molar-refractivity contribution in [1.82, 2.24) is 0 Å². The van der Waals surface area contributed by atoms with Crippen LogP contribution in [0.2, 0.25) is 0 Å². The first kappa shape index (κ1) is 13.6. The largest absolute Gasteiger partial charge is 0.457 e. The molecule has 0 saturated carbocycles.